The van der Waals surface area contributed by atoms with Gasteiger partial charge < -0.3 is 9.84 Å². The van der Waals surface area contributed by atoms with Crippen LogP contribution in [0.4, 0.5) is 4.39 Å². The quantitative estimate of drug-likeness (QED) is 0.784. The summed E-state index contributed by atoms with van der Waals surface area (Å²) in [5, 5.41) is 10.1. The molecule has 19 heavy (non-hydrogen) atoms. The molecule has 0 aliphatic carbocycles. The monoisotopic (exact) mass is 362 g/mol. The van der Waals surface area contributed by atoms with Crippen LogP contribution in [0.15, 0.2) is 28.7 Å². The summed E-state index contributed by atoms with van der Waals surface area (Å²) < 4.78 is 20.4. The van der Waals surface area contributed by atoms with E-state index in [1.807, 2.05) is 6.07 Å². The van der Waals surface area contributed by atoms with E-state index in [1.165, 1.54) is 23.5 Å². The van der Waals surface area contributed by atoms with Gasteiger partial charge in [-0.05, 0) is 34.1 Å². The highest BCUT2D eigenvalue weighted by Gasteiger charge is 2.29. The van der Waals surface area contributed by atoms with E-state index in [0.29, 0.717) is 22.1 Å². The fraction of sp³-hybridized carbons (Fsp3) is 0.231. The van der Waals surface area contributed by atoms with E-state index < -0.39 is 6.10 Å². The minimum absolute atomic E-state index is 0.307. The summed E-state index contributed by atoms with van der Waals surface area (Å²) in [6.07, 6.45) is -0.533. The normalized spacial score (nSPS) is 21.9. The number of benzene rings is 1. The second kappa shape index (κ2) is 5.05. The van der Waals surface area contributed by atoms with Gasteiger partial charge in [-0.15, -0.1) is 11.3 Å². The minimum atomic E-state index is -0.658. The molecule has 0 saturated heterocycles. The molecule has 1 aliphatic heterocycles. The maximum Gasteiger partial charge on any atom is 0.136 e. The molecular weight excluding hydrogens is 355 g/mol. The molecule has 1 N–H and O–H groups in total. The first-order valence-corrected chi connectivity index (χ1v) is 7.62. The SMILES string of the molecule is O[C@@H]1CC(c2cc(Br)c(Cl)s2)Oc2cc(F)ccc21. The average Bonchev–Trinajstić information content (AvgIpc) is 2.69. The number of hydrogen-bond donors (Lipinski definition) is 1. The lowest BCUT2D eigenvalue weighted by atomic mass is 9.98. The number of ether oxygens (including phenoxy) is 1. The predicted molar refractivity (Wildman–Crippen MR) is 76.4 cm³/mol. The molecular formula is C13H9BrClFO2S. The van der Waals surface area contributed by atoms with Crippen LogP contribution in [-0.4, -0.2) is 5.11 Å². The van der Waals surface area contributed by atoms with Gasteiger partial charge in [-0.25, -0.2) is 4.39 Å². The summed E-state index contributed by atoms with van der Waals surface area (Å²) in [6, 6.07) is 6.05. The van der Waals surface area contributed by atoms with Gasteiger partial charge in [0.15, 0.2) is 0 Å². The molecule has 0 fully saturated rings. The number of aliphatic hydroxyl groups excluding tert-OH is 1. The Morgan fingerprint density at radius 3 is 2.89 bits per heavy atom. The number of halogens is 3. The Morgan fingerprint density at radius 1 is 1.42 bits per heavy atom. The molecule has 0 spiro atoms. The van der Waals surface area contributed by atoms with Gasteiger partial charge >= 0.3 is 0 Å². The summed E-state index contributed by atoms with van der Waals surface area (Å²) in [5.41, 5.74) is 0.624. The van der Waals surface area contributed by atoms with Gasteiger partial charge in [0.25, 0.3) is 0 Å². The van der Waals surface area contributed by atoms with Gasteiger partial charge in [0.05, 0.1) is 6.10 Å². The largest absolute Gasteiger partial charge is 0.484 e. The molecule has 1 aliphatic rings. The van der Waals surface area contributed by atoms with Crippen LogP contribution in [0.25, 0.3) is 0 Å². The van der Waals surface area contributed by atoms with Crippen molar-refractivity contribution in [2.75, 3.05) is 0 Å². The van der Waals surface area contributed by atoms with Crippen LogP contribution in [0.5, 0.6) is 5.75 Å². The maximum atomic E-state index is 13.2. The second-order valence-electron chi connectivity index (χ2n) is 4.31. The van der Waals surface area contributed by atoms with Gasteiger partial charge in [-0.3, -0.25) is 0 Å². The molecule has 1 aromatic carbocycles. The molecule has 0 bridgehead atoms. The maximum absolute atomic E-state index is 13.2. The van der Waals surface area contributed by atoms with E-state index in [9.17, 15) is 9.50 Å². The smallest absolute Gasteiger partial charge is 0.136 e. The van der Waals surface area contributed by atoms with Crippen LogP contribution in [0, 0.1) is 5.82 Å². The van der Waals surface area contributed by atoms with Gasteiger partial charge in [0.2, 0.25) is 0 Å². The van der Waals surface area contributed by atoms with Gasteiger partial charge in [-0.1, -0.05) is 11.6 Å². The highest BCUT2D eigenvalue weighted by Crippen LogP contribution is 2.44. The predicted octanol–water partition coefficient (Wildman–Crippen LogP) is 4.86. The summed E-state index contributed by atoms with van der Waals surface area (Å²) in [5.74, 6) is 0.0152. The van der Waals surface area contributed by atoms with Gasteiger partial charge in [0, 0.05) is 27.4 Å². The van der Waals surface area contributed by atoms with Crippen molar-refractivity contribution < 1.29 is 14.2 Å². The first kappa shape index (κ1) is 13.4. The van der Waals surface area contributed by atoms with Crippen molar-refractivity contribution in [2.24, 2.45) is 0 Å². The van der Waals surface area contributed by atoms with Crippen molar-refractivity contribution in [3.63, 3.8) is 0 Å². The third-order valence-corrected chi connectivity index (χ3v) is 5.59. The fourth-order valence-electron chi connectivity index (χ4n) is 2.11. The Labute approximate surface area is 126 Å². The zero-order valence-electron chi connectivity index (χ0n) is 9.57. The highest BCUT2D eigenvalue weighted by molar-refractivity contribution is 9.10. The number of aliphatic hydroxyl groups is 1. The molecule has 3 rings (SSSR count). The standard InChI is InChI=1S/C13H9BrClFO2S/c14-8-4-12(19-13(8)15)11-5-9(17)7-2-1-6(16)3-10(7)18-11/h1-4,9,11,17H,5H2/t9-,11?/m1/s1. The van der Waals surface area contributed by atoms with Crippen LogP contribution in [0.2, 0.25) is 4.34 Å². The van der Waals surface area contributed by atoms with Crippen LogP contribution in [0.3, 0.4) is 0 Å². The lowest BCUT2D eigenvalue weighted by Crippen LogP contribution is -2.18. The van der Waals surface area contributed by atoms with Crippen LogP contribution < -0.4 is 4.74 Å². The van der Waals surface area contributed by atoms with Crippen LogP contribution in [0.1, 0.15) is 29.1 Å². The van der Waals surface area contributed by atoms with E-state index in [-0.39, 0.29) is 11.9 Å². The van der Waals surface area contributed by atoms with Crippen LogP contribution >= 0.6 is 38.9 Å². The summed E-state index contributed by atoms with van der Waals surface area (Å²) in [4.78, 5) is 0.908. The Bertz CT molecular complexity index is 612. The van der Waals surface area contributed by atoms with E-state index in [0.717, 1.165) is 9.35 Å². The summed E-state index contributed by atoms with van der Waals surface area (Å²) in [6.45, 7) is 0. The zero-order valence-corrected chi connectivity index (χ0v) is 12.7. The molecule has 1 aromatic heterocycles. The third-order valence-electron chi connectivity index (χ3n) is 3.02. The van der Waals surface area contributed by atoms with Crippen molar-refractivity contribution in [3.8, 4) is 5.75 Å². The highest BCUT2D eigenvalue weighted by atomic mass is 79.9. The molecule has 2 atom stereocenters. The van der Waals surface area contributed by atoms with Crippen molar-refractivity contribution in [1.29, 1.82) is 0 Å². The van der Waals surface area contributed by atoms with E-state index in [4.69, 9.17) is 16.3 Å². The number of hydrogen-bond acceptors (Lipinski definition) is 3. The topological polar surface area (TPSA) is 29.5 Å². The fourth-order valence-corrected chi connectivity index (χ4v) is 3.89. The van der Waals surface area contributed by atoms with Crippen molar-refractivity contribution in [3.05, 3.63) is 49.3 Å². The average molecular weight is 364 g/mol. The zero-order chi connectivity index (χ0) is 13.6. The summed E-state index contributed by atoms with van der Waals surface area (Å²) in [7, 11) is 0. The molecule has 6 heteroatoms. The number of thiophene rings is 1. The molecule has 0 radical (unpaired) electrons. The lowest BCUT2D eigenvalue weighted by Gasteiger charge is -2.29. The molecule has 2 aromatic rings. The second-order valence-corrected chi connectivity index (χ2v) is 6.85. The number of rotatable bonds is 1. The van der Waals surface area contributed by atoms with Crippen LogP contribution in [-0.2, 0) is 0 Å². The Morgan fingerprint density at radius 2 is 2.21 bits per heavy atom. The van der Waals surface area contributed by atoms with Gasteiger partial charge in [-0.2, -0.15) is 0 Å². The minimum Gasteiger partial charge on any atom is -0.484 e. The molecule has 2 heterocycles. The van der Waals surface area contributed by atoms with E-state index >= 15 is 0 Å². The first-order chi connectivity index (χ1) is 9.04. The lowest BCUT2D eigenvalue weighted by molar-refractivity contribution is 0.0670. The van der Waals surface area contributed by atoms with Crippen molar-refractivity contribution >= 4 is 38.9 Å². The molecule has 2 nitrogen and oxygen atoms in total. The van der Waals surface area contributed by atoms with Crippen molar-refractivity contribution in [2.45, 2.75) is 18.6 Å². The van der Waals surface area contributed by atoms with E-state index in [1.54, 1.807) is 6.07 Å². The molecule has 1 unspecified atom stereocenters. The Hall–Kier alpha value is -0.620. The van der Waals surface area contributed by atoms with E-state index in [2.05, 4.69) is 15.9 Å². The Kier molecular flexibility index (Phi) is 3.55. The van der Waals surface area contributed by atoms with Crippen molar-refractivity contribution in [1.82, 2.24) is 0 Å². The number of fused-ring (bicyclic) bond motifs is 1. The molecule has 0 saturated carbocycles. The molecule has 100 valence electrons. The Balaban J connectivity index is 1.96. The molecule has 0 amide bonds. The van der Waals surface area contributed by atoms with Gasteiger partial charge in [0.1, 0.15) is 22.0 Å². The summed E-state index contributed by atoms with van der Waals surface area (Å²) >= 11 is 10.7. The first-order valence-electron chi connectivity index (χ1n) is 5.63. The third kappa shape index (κ3) is 2.52.